The van der Waals surface area contributed by atoms with Crippen molar-refractivity contribution in [3.8, 4) is 0 Å². The third-order valence-electron chi connectivity index (χ3n) is 1.55. The molecule has 0 heterocycles. The van der Waals surface area contributed by atoms with E-state index in [9.17, 15) is 0 Å². The average molecular weight is 282 g/mol. The molecule has 0 bridgehead atoms. The van der Waals surface area contributed by atoms with Crippen molar-refractivity contribution in [1.82, 2.24) is 0 Å². The molecule has 1 rings (SSSR count). The van der Waals surface area contributed by atoms with E-state index in [0.717, 1.165) is 5.02 Å². The molecule has 0 aromatic heterocycles. The van der Waals surface area contributed by atoms with Gasteiger partial charge in [-0.3, -0.25) is 0 Å². The van der Waals surface area contributed by atoms with Crippen LogP contribution in [0.25, 0.3) is 0 Å². The molecule has 1 aromatic rings. The molecule has 0 fully saturated rings. The summed E-state index contributed by atoms with van der Waals surface area (Å²) in [5, 5.41) is 0.809. The quantitative estimate of drug-likeness (QED) is 0.694. The van der Waals surface area contributed by atoms with Crippen molar-refractivity contribution in [1.29, 1.82) is 0 Å². The molecule has 0 N–H and O–H groups in total. The molecular formula is C9H11ClTe. The normalized spacial score (nSPS) is 11.6. The van der Waals surface area contributed by atoms with Crippen LogP contribution in [0.2, 0.25) is 5.02 Å². The van der Waals surface area contributed by atoms with Gasteiger partial charge in [-0.15, -0.1) is 0 Å². The molecule has 0 spiro atoms. The van der Waals surface area contributed by atoms with Crippen molar-refractivity contribution in [2.45, 2.75) is 17.3 Å². The Kier molecular flexibility index (Phi) is 2.86. The number of rotatable bonds is 1. The van der Waals surface area contributed by atoms with E-state index in [-0.39, 0.29) is 3.46 Å². The van der Waals surface area contributed by atoms with Crippen molar-refractivity contribution in [2.75, 3.05) is 0 Å². The molecule has 0 aliphatic rings. The van der Waals surface area contributed by atoms with E-state index in [2.05, 4.69) is 26.0 Å². The van der Waals surface area contributed by atoms with Gasteiger partial charge >= 0.3 is 86.1 Å². The summed E-state index contributed by atoms with van der Waals surface area (Å²) in [6.45, 7) is 4.43. The van der Waals surface area contributed by atoms with Crippen molar-refractivity contribution >= 4 is 33.9 Å². The van der Waals surface area contributed by atoms with Gasteiger partial charge in [-0.05, 0) is 0 Å². The van der Waals surface area contributed by atoms with Crippen LogP contribution in [0.3, 0.4) is 0 Å². The van der Waals surface area contributed by atoms with Crippen molar-refractivity contribution in [2.24, 2.45) is 0 Å². The summed E-state index contributed by atoms with van der Waals surface area (Å²) in [4.78, 5) is 0. The Hall–Kier alpha value is 0.300. The Labute approximate surface area is 85.9 Å². The standard InChI is InChI=1S/C9H11ClTe/c1-9(2,11)7-3-5-8(10)6-4-7/h3-6,11H,1-2H3. The third-order valence-corrected chi connectivity index (χ3v) is 2.54. The Morgan fingerprint density at radius 3 is 2.00 bits per heavy atom. The van der Waals surface area contributed by atoms with Gasteiger partial charge < -0.3 is 0 Å². The molecule has 60 valence electrons. The van der Waals surface area contributed by atoms with Gasteiger partial charge in [0.05, 0.1) is 0 Å². The summed E-state index contributed by atoms with van der Waals surface area (Å²) in [7, 11) is 0. The molecule has 0 radical (unpaired) electrons. The third kappa shape index (κ3) is 2.67. The van der Waals surface area contributed by atoms with Gasteiger partial charge in [0.1, 0.15) is 0 Å². The maximum atomic E-state index is 5.77. The Morgan fingerprint density at radius 1 is 1.18 bits per heavy atom. The average Bonchev–Trinajstić information content (AvgIpc) is 1.86. The van der Waals surface area contributed by atoms with Crippen LogP contribution in [0.15, 0.2) is 24.3 Å². The molecule has 2 heteroatoms. The van der Waals surface area contributed by atoms with Gasteiger partial charge in [-0.1, -0.05) is 0 Å². The van der Waals surface area contributed by atoms with E-state index >= 15 is 0 Å². The SMILES string of the molecule is CC(C)([TeH])c1ccc(Cl)cc1. The monoisotopic (exact) mass is 284 g/mol. The summed E-state index contributed by atoms with van der Waals surface area (Å²) in [6.07, 6.45) is 0. The molecule has 0 aliphatic carbocycles. The predicted molar refractivity (Wildman–Crippen MR) is 51.6 cm³/mol. The van der Waals surface area contributed by atoms with Crippen LogP contribution >= 0.6 is 11.6 Å². The van der Waals surface area contributed by atoms with Gasteiger partial charge in [-0.25, -0.2) is 0 Å². The van der Waals surface area contributed by atoms with Gasteiger partial charge in [0.2, 0.25) is 0 Å². The minimum absolute atomic E-state index is 0.277. The Bertz CT molecular complexity index is 233. The van der Waals surface area contributed by atoms with Gasteiger partial charge in [-0.2, -0.15) is 0 Å². The predicted octanol–water partition coefficient (Wildman–Crippen LogP) is 2.48. The second-order valence-electron chi connectivity index (χ2n) is 3.07. The molecule has 0 saturated carbocycles. The summed E-state index contributed by atoms with van der Waals surface area (Å²) in [6, 6.07) is 8.05. The Balaban J connectivity index is 2.99. The first-order valence-corrected chi connectivity index (χ1v) is 5.14. The molecule has 0 unspecified atom stereocenters. The summed E-state index contributed by atoms with van der Waals surface area (Å²) >= 11 is 7.59. The zero-order chi connectivity index (χ0) is 8.48. The summed E-state index contributed by atoms with van der Waals surface area (Å²) in [5.41, 5.74) is 1.34. The van der Waals surface area contributed by atoms with E-state index in [1.54, 1.807) is 0 Å². The fraction of sp³-hybridized carbons (Fsp3) is 0.333. The van der Waals surface area contributed by atoms with E-state index in [1.165, 1.54) is 5.56 Å². The van der Waals surface area contributed by atoms with Crippen LogP contribution in [-0.2, 0) is 3.46 Å². The van der Waals surface area contributed by atoms with Crippen LogP contribution in [0.4, 0.5) is 0 Å². The van der Waals surface area contributed by atoms with Crippen molar-refractivity contribution in [3.05, 3.63) is 34.9 Å². The van der Waals surface area contributed by atoms with E-state index in [4.69, 9.17) is 11.6 Å². The first-order chi connectivity index (χ1) is 5.00. The molecule has 1 aromatic carbocycles. The first kappa shape index (κ1) is 9.39. The zero-order valence-corrected chi connectivity index (χ0v) is 9.94. The number of hydrogen-bond donors (Lipinski definition) is 0. The van der Waals surface area contributed by atoms with E-state index in [0.29, 0.717) is 0 Å². The van der Waals surface area contributed by atoms with Crippen molar-refractivity contribution in [3.63, 3.8) is 0 Å². The maximum absolute atomic E-state index is 5.77. The first-order valence-electron chi connectivity index (χ1n) is 3.48. The summed E-state index contributed by atoms with van der Waals surface area (Å²) in [5.74, 6) is 0. The molecule has 0 nitrogen and oxygen atoms in total. The molecule has 0 aliphatic heterocycles. The number of halogens is 1. The van der Waals surface area contributed by atoms with Crippen LogP contribution in [0, 0.1) is 0 Å². The van der Waals surface area contributed by atoms with E-state index < -0.39 is 0 Å². The zero-order valence-electron chi connectivity index (χ0n) is 6.63. The second-order valence-corrected chi connectivity index (χ2v) is 6.69. The van der Waals surface area contributed by atoms with Crippen molar-refractivity contribution < 1.29 is 0 Å². The fourth-order valence-electron chi connectivity index (χ4n) is 0.858. The fourth-order valence-corrected chi connectivity index (χ4v) is 1.41. The molecule has 0 atom stereocenters. The van der Waals surface area contributed by atoms with Crippen LogP contribution in [-0.4, -0.2) is 22.3 Å². The summed E-state index contributed by atoms with van der Waals surface area (Å²) < 4.78 is 0.277. The molecule has 0 saturated heterocycles. The van der Waals surface area contributed by atoms with Crippen LogP contribution in [0.1, 0.15) is 19.4 Å². The van der Waals surface area contributed by atoms with E-state index in [1.807, 2.05) is 34.4 Å². The van der Waals surface area contributed by atoms with Crippen LogP contribution in [0.5, 0.6) is 0 Å². The Morgan fingerprint density at radius 2 is 1.64 bits per heavy atom. The topological polar surface area (TPSA) is 0 Å². The van der Waals surface area contributed by atoms with Crippen LogP contribution < -0.4 is 0 Å². The minimum atomic E-state index is 0.277. The number of hydrogen-bond acceptors (Lipinski definition) is 0. The van der Waals surface area contributed by atoms with Gasteiger partial charge in [0.15, 0.2) is 0 Å². The molecule has 11 heavy (non-hydrogen) atoms. The van der Waals surface area contributed by atoms with Gasteiger partial charge in [0.25, 0.3) is 0 Å². The molecular weight excluding hydrogens is 271 g/mol. The van der Waals surface area contributed by atoms with Gasteiger partial charge in [0, 0.05) is 0 Å². The second kappa shape index (κ2) is 3.35. The molecule has 0 amide bonds. The number of benzene rings is 1.